The van der Waals surface area contributed by atoms with E-state index < -0.39 is 0 Å². The number of hydrogen-bond acceptors (Lipinski definition) is 7. The number of amides is 1. The van der Waals surface area contributed by atoms with Gasteiger partial charge in [0.25, 0.3) is 5.22 Å². The summed E-state index contributed by atoms with van der Waals surface area (Å²) >= 11 is 4.58. The van der Waals surface area contributed by atoms with Gasteiger partial charge in [-0.3, -0.25) is 4.79 Å². The van der Waals surface area contributed by atoms with Gasteiger partial charge in [0.15, 0.2) is 11.5 Å². The van der Waals surface area contributed by atoms with Gasteiger partial charge in [0, 0.05) is 21.8 Å². The van der Waals surface area contributed by atoms with Gasteiger partial charge in [0.2, 0.25) is 11.8 Å². The van der Waals surface area contributed by atoms with Crippen molar-refractivity contribution < 1.29 is 18.7 Å². The van der Waals surface area contributed by atoms with Gasteiger partial charge in [-0.15, -0.1) is 10.2 Å². The maximum absolute atomic E-state index is 12.2. The van der Waals surface area contributed by atoms with Crippen LogP contribution in [0.4, 0.5) is 5.69 Å². The molecule has 9 heteroatoms. The summed E-state index contributed by atoms with van der Waals surface area (Å²) in [6, 6.07) is 12.9. The molecule has 1 amide bonds. The highest BCUT2D eigenvalue weighted by atomic mass is 79.9. The first-order chi connectivity index (χ1) is 13.2. The number of rotatable bonds is 5. The fourth-order valence-electron chi connectivity index (χ4n) is 2.45. The summed E-state index contributed by atoms with van der Waals surface area (Å²) in [5.74, 6) is 1.68. The molecular formula is C18H14BrN3O4S. The van der Waals surface area contributed by atoms with Gasteiger partial charge in [-0.2, -0.15) is 0 Å². The Labute approximate surface area is 167 Å². The van der Waals surface area contributed by atoms with Gasteiger partial charge in [-0.25, -0.2) is 0 Å². The third-order valence-electron chi connectivity index (χ3n) is 3.63. The van der Waals surface area contributed by atoms with E-state index in [2.05, 4.69) is 31.4 Å². The molecule has 0 fully saturated rings. The minimum absolute atomic E-state index is 0.147. The van der Waals surface area contributed by atoms with Crippen molar-refractivity contribution in [2.45, 2.75) is 5.22 Å². The van der Waals surface area contributed by atoms with Crippen LogP contribution in [0.1, 0.15) is 0 Å². The molecule has 3 aromatic rings. The van der Waals surface area contributed by atoms with E-state index in [-0.39, 0.29) is 11.7 Å². The van der Waals surface area contributed by atoms with Crippen LogP contribution in [-0.4, -0.2) is 35.1 Å². The number of benzene rings is 2. The predicted octanol–water partition coefficient (Wildman–Crippen LogP) is 4.00. The fraction of sp³-hybridized carbons (Fsp3) is 0.167. The molecule has 0 atom stereocenters. The molecule has 0 bridgehead atoms. The van der Waals surface area contributed by atoms with E-state index in [9.17, 15) is 4.79 Å². The Morgan fingerprint density at radius 1 is 1.11 bits per heavy atom. The van der Waals surface area contributed by atoms with Gasteiger partial charge in [-0.05, 0) is 30.3 Å². The Bertz CT molecular complexity index is 979. The second kappa shape index (κ2) is 8.01. The monoisotopic (exact) mass is 447 g/mol. The molecule has 1 aliphatic rings. The summed E-state index contributed by atoms with van der Waals surface area (Å²) in [6.07, 6.45) is 0. The molecule has 0 spiro atoms. The molecule has 27 heavy (non-hydrogen) atoms. The van der Waals surface area contributed by atoms with Crippen molar-refractivity contribution in [3.63, 3.8) is 0 Å². The number of anilines is 1. The number of carbonyl (C=O) groups excluding carboxylic acids is 1. The van der Waals surface area contributed by atoms with Crippen molar-refractivity contribution in [2.24, 2.45) is 0 Å². The Morgan fingerprint density at radius 3 is 2.81 bits per heavy atom. The molecule has 0 radical (unpaired) electrons. The van der Waals surface area contributed by atoms with E-state index in [1.807, 2.05) is 24.3 Å². The van der Waals surface area contributed by atoms with Crippen LogP contribution in [0.25, 0.3) is 11.5 Å². The number of carbonyl (C=O) groups is 1. The van der Waals surface area contributed by atoms with E-state index in [1.165, 1.54) is 11.8 Å². The number of nitrogens with one attached hydrogen (secondary N) is 1. The normalized spacial score (nSPS) is 12.6. The molecule has 4 rings (SSSR count). The van der Waals surface area contributed by atoms with Gasteiger partial charge in [-0.1, -0.05) is 33.8 Å². The van der Waals surface area contributed by atoms with Crippen LogP contribution in [0.15, 0.2) is 56.6 Å². The van der Waals surface area contributed by atoms with Crippen LogP contribution in [0.5, 0.6) is 11.5 Å². The largest absolute Gasteiger partial charge is 0.486 e. The smallest absolute Gasteiger partial charge is 0.277 e. The summed E-state index contributed by atoms with van der Waals surface area (Å²) in [7, 11) is 0. The van der Waals surface area contributed by atoms with Crippen LogP contribution in [0, 0.1) is 0 Å². The molecule has 0 aliphatic carbocycles. The van der Waals surface area contributed by atoms with Crippen molar-refractivity contribution >= 4 is 39.3 Å². The van der Waals surface area contributed by atoms with E-state index in [0.717, 1.165) is 10.0 Å². The molecule has 1 aliphatic heterocycles. The van der Waals surface area contributed by atoms with Crippen molar-refractivity contribution in [3.8, 4) is 23.0 Å². The Hall–Kier alpha value is -2.52. The average Bonchev–Trinajstić information content (AvgIpc) is 3.15. The Morgan fingerprint density at radius 2 is 1.96 bits per heavy atom. The maximum Gasteiger partial charge on any atom is 0.277 e. The highest BCUT2D eigenvalue weighted by Gasteiger charge is 2.14. The van der Waals surface area contributed by atoms with E-state index in [4.69, 9.17) is 13.9 Å². The van der Waals surface area contributed by atoms with E-state index >= 15 is 0 Å². The molecule has 138 valence electrons. The molecule has 0 saturated carbocycles. The number of aromatic nitrogens is 2. The third-order valence-corrected chi connectivity index (χ3v) is 4.94. The highest BCUT2D eigenvalue weighted by Crippen LogP contribution is 2.32. The molecule has 2 aromatic carbocycles. The number of thioether (sulfide) groups is 1. The predicted molar refractivity (Wildman–Crippen MR) is 104 cm³/mol. The second-order valence-corrected chi connectivity index (χ2v) is 7.42. The molecular weight excluding hydrogens is 434 g/mol. The van der Waals surface area contributed by atoms with E-state index in [1.54, 1.807) is 18.2 Å². The molecule has 7 nitrogen and oxygen atoms in total. The number of hydrogen-bond donors (Lipinski definition) is 1. The fourth-order valence-corrected chi connectivity index (χ4v) is 3.41. The summed E-state index contributed by atoms with van der Waals surface area (Å²) in [5, 5.41) is 11.1. The number of halogens is 1. The van der Waals surface area contributed by atoms with Gasteiger partial charge < -0.3 is 19.2 Å². The minimum Gasteiger partial charge on any atom is -0.486 e. The zero-order valence-corrected chi connectivity index (χ0v) is 16.4. The summed E-state index contributed by atoms with van der Waals surface area (Å²) in [6.45, 7) is 1.03. The lowest BCUT2D eigenvalue weighted by atomic mass is 10.2. The Kier molecular flexibility index (Phi) is 5.30. The van der Waals surface area contributed by atoms with Crippen LogP contribution in [-0.2, 0) is 4.79 Å². The summed E-state index contributed by atoms with van der Waals surface area (Å²) in [5.41, 5.74) is 1.45. The molecule has 1 N–H and O–H groups in total. The van der Waals surface area contributed by atoms with Gasteiger partial charge in [0.05, 0.1) is 5.75 Å². The molecule has 0 saturated heterocycles. The van der Waals surface area contributed by atoms with Crippen LogP contribution in [0.2, 0.25) is 0 Å². The summed E-state index contributed by atoms with van der Waals surface area (Å²) in [4.78, 5) is 12.2. The average molecular weight is 448 g/mol. The van der Waals surface area contributed by atoms with Crippen molar-refractivity contribution in [2.75, 3.05) is 24.3 Å². The zero-order valence-electron chi connectivity index (χ0n) is 14.0. The van der Waals surface area contributed by atoms with Crippen molar-refractivity contribution in [3.05, 3.63) is 46.9 Å². The second-order valence-electron chi connectivity index (χ2n) is 5.58. The number of nitrogens with zero attached hydrogens (tertiary/aromatic N) is 2. The summed E-state index contributed by atoms with van der Waals surface area (Å²) < 4.78 is 17.5. The minimum atomic E-state index is -0.182. The lowest BCUT2D eigenvalue weighted by Crippen LogP contribution is -2.17. The van der Waals surface area contributed by atoms with Crippen molar-refractivity contribution in [1.82, 2.24) is 10.2 Å². The van der Waals surface area contributed by atoms with Crippen LogP contribution < -0.4 is 14.8 Å². The van der Waals surface area contributed by atoms with Crippen LogP contribution >= 0.6 is 27.7 Å². The maximum atomic E-state index is 12.2. The van der Waals surface area contributed by atoms with Crippen LogP contribution in [0.3, 0.4) is 0 Å². The first-order valence-corrected chi connectivity index (χ1v) is 9.87. The first-order valence-electron chi connectivity index (χ1n) is 8.09. The number of ether oxygens (including phenoxy) is 2. The quantitative estimate of drug-likeness (QED) is 0.591. The zero-order chi connectivity index (χ0) is 18.6. The van der Waals surface area contributed by atoms with Gasteiger partial charge in [0.1, 0.15) is 13.2 Å². The standard InChI is InChI=1S/C18H14BrN3O4S/c19-12-3-1-2-11(8-12)17-21-22-18(26-17)27-10-16(23)20-13-4-5-14-15(9-13)25-7-6-24-14/h1-5,8-9H,6-7,10H2,(H,20,23). The highest BCUT2D eigenvalue weighted by molar-refractivity contribution is 9.10. The lowest BCUT2D eigenvalue weighted by Gasteiger charge is -2.18. The molecule has 1 aromatic heterocycles. The van der Waals surface area contributed by atoms with E-state index in [0.29, 0.717) is 41.5 Å². The number of fused-ring (bicyclic) bond motifs is 1. The SMILES string of the molecule is O=C(CSc1nnc(-c2cccc(Br)c2)o1)Nc1ccc2c(c1)OCCO2. The lowest BCUT2D eigenvalue weighted by molar-refractivity contribution is -0.113. The van der Waals surface area contributed by atoms with Gasteiger partial charge >= 0.3 is 0 Å². The molecule has 2 heterocycles. The first kappa shape index (κ1) is 17.9. The van der Waals surface area contributed by atoms with Crippen molar-refractivity contribution in [1.29, 1.82) is 0 Å². The molecule has 0 unspecified atom stereocenters. The third kappa shape index (κ3) is 4.42. The Balaban J connectivity index is 1.34. The topological polar surface area (TPSA) is 86.5 Å².